The minimum absolute atomic E-state index is 0.183. The number of hydrogen-bond donors (Lipinski definition) is 0. The van der Waals surface area contributed by atoms with Crippen LogP contribution >= 0.6 is 0 Å². The molecule has 1 atom stereocenters. The number of ether oxygens (including phenoxy) is 2. The number of hydrogen-bond acceptors (Lipinski definition) is 2. The molecule has 1 aromatic rings. The lowest BCUT2D eigenvalue weighted by molar-refractivity contribution is -0.0613. The summed E-state index contributed by atoms with van der Waals surface area (Å²) in [6.45, 7) is 8.89. The fourth-order valence-electron chi connectivity index (χ4n) is 1.41. The van der Waals surface area contributed by atoms with Gasteiger partial charge in [-0.15, -0.1) is 0 Å². The highest BCUT2D eigenvalue weighted by atomic mass is 16.7. The van der Waals surface area contributed by atoms with E-state index in [0.29, 0.717) is 12.5 Å². The van der Waals surface area contributed by atoms with Crippen LogP contribution < -0.4 is 4.74 Å². The average Bonchev–Trinajstić information content (AvgIpc) is 2.18. The van der Waals surface area contributed by atoms with Crippen molar-refractivity contribution in [1.29, 1.82) is 0 Å². The van der Waals surface area contributed by atoms with E-state index in [9.17, 15) is 0 Å². The highest BCUT2D eigenvalue weighted by molar-refractivity contribution is 5.30. The Morgan fingerprint density at radius 3 is 2.53 bits per heavy atom. The third kappa shape index (κ3) is 3.92. The molecule has 0 spiro atoms. The molecule has 84 valence electrons. The molecule has 0 saturated carbocycles. The van der Waals surface area contributed by atoms with Gasteiger partial charge in [0.05, 0.1) is 0 Å². The van der Waals surface area contributed by atoms with Gasteiger partial charge in [0.1, 0.15) is 5.75 Å². The minimum atomic E-state index is -0.183. The SMILES string of the molecule is CCOC(C)Oc1cccc(C(C)C)c1. The Hall–Kier alpha value is -1.02. The maximum Gasteiger partial charge on any atom is 0.196 e. The van der Waals surface area contributed by atoms with Crippen LogP contribution in [0.1, 0.15) is 39.2 Å². The molecule has 0 bridgehead atoms. The molecule has 15 heavy (non-hydrogen) atoms. The zero-order valence-electron chi connectivity index (χ0n) is 9.99. The molecule has 1 unspecified atom stereocenters. The van der Waals surface area contributed by atoms with E-state index < -0.39 is 0 Å². The van der Waals surface area contributed by atoms with E-state index in [2.05, 4.69) is 26.0 Å². The maximum absolute atomic E-state index is 5.62. The van der Waals surface area contributed by atoms with Gasteiger partial charge in [0, 0.05) is 6.61 Å². The van der Waals surface area contributed by atoms with Crippen LogP contribution in [0, 0.1) is 0 Å². The standard InChI is InChI=1S/C13H20O2/c1-5-14-11(4)15-13-8-6-7-12(9-13)10(2)3/h6-11H,5H2,1-4H3. The molecule has 2 heteroatoms. The first-order valence-corrected chi connectivity index (χ1v) is 5.51. The summed E-state index contributed by atoms with van der Waals surface area (Å²) in [7, 11) is 0. The van der Waals surface area contributed by atoms with Crippen molar-refractivity contribution < 1.29 is 9.47 Å². The fraction of sp³-hybridized carbons (Fsp3) is 0.538. The first-order chi connectivity index (χ1) is 7.13. The van der Waals surface area contributed by atoms with Crippen molar-refractivity contribution in [3.8, 4) is 5.75 Å². The molecule has 0 aromatic heterocycles. The lowest BCUT2D eigenvalue weighted by Crippen LogP contribution is -2.15. The minimum Gasteiger partial charge on any atom is -0.465 e. The van der Waals surface area contributed by atoms with Crippen LogP contribution in [0.4, 0.5) is 0 Å². The molecule has 0 heterocycles. The zero-order chi connectivity index (χ0) is 11.3. The topological polar surface area (TPSA) is 18.5 Å². The van der Waals surface area contributed by atoms with Crippen LogP contribution in [-0.4, -0.2) is 12.9 Å². The molecule has 1 rings (SSSR count). The molecule has 0 radical (unpaired) electrons. The normalized spacial score (nSPS) is 12.9. The monoisotopic (exact) mass is 208 g/mol. The van der Waals surface area contributed by atoms with Crippen molar-refractivity contribution in [3.05, 3.63) is 29.8 Å². The predicted octanol–water partition coefficient (Wildman–Crippen LogP) is 3.57. The van der Waals surface area contributed by atoms with Gasteiger partial charge in [-0.2, -0.15) is 0 Å². The van der Waals surface area contributed by atoms with Gasteiger partial charge in [0.25, 0.3) is 0 Å². The summed E-state index contributed by atoms with van der Waals surface area (Å²) in [6.07, 6.45) is -0.183. The second-order valence-corrected chi connectivity index (χ2v) is 3.87. The number of rotatable bonds is 5. The summed E-state index contributed by atoms with van der Waals surface area (Å²) in [5.41, 5.74) is 1.29. The Bertz CT molecular complexity index is 294. The van der Waals surface area contributed by atoms with E-state index >= 15 is 0 Å². The van der Waals surface area contributed by atoms with Gasteiger partial charge in [-0.25, -0.2) is 0 Å². The van der Waals surface area contributed by atoms with Gasteiger partial charge in [-0.3, -0.25) is 0 Å². The lowest BCUT2D eigenvalue weighted by atomic mass is 10.0. The largest absolute Gasteiger partial charge is 0.465 e. The van der Waals surface area contributed by atoms with E-state index in [1.165, 1.54) is 5.56 Å². The molecular formula is C13H20O2. The van der Waals surface area contributed by atoms with E-state index in [-0.39, 0.29) is 6.29 Å². The van der Waals surface area contributed by atoms with E-state index in [4.69, 9.17) is 9.47 Å². The van der Waals surface area contributed by atoms with Crippen molar-refractivity contribution in [2.75, 3.05) is 6.61 Å². The third-order valence-corrected chi connectivity index (χ3v) is 2.23. The van der Waals surface area contributed by atoms with Gasteiger partial charge in [0.15, 0.2) is 6.29 Å². The summed E-state index contributed by atoms with van der Waals surface area (Å²) in [5.74, 6) is 1.40. The molecular weight excluding hydrogens is 188 g/mol. The Morgan fingerprint density at radius 1 is 1.20 bits per heavy atom. The van der Waals surface area contributed by atoms with Crippen LogP contribution in [-0.2, 0) is 4.74 Å². The van der Waals surface area contributed by atoms with Gasteiger partial charge in [-0.1, -0.05) is 26.0 Å². The van der Waals surface area contributed by atoms with Crippen molar-refractivity contribution >= 4 is 0 Å². The summed E-state index contributed by atoms with van der Waals surface area (Å²) < 4.78 is 10.9. The Kier molecular flexibility index (Phi) is 4.63. The molecule has 0 saturated heterocycles. The van der Waals surface area contributed by atoms with Crippen LogP contribution in [0.2, 0.25) is 0 Å². The predicted molar refractivity (Wildman–Crippen MR) is 62.2 cm³/mol. The van der Waals surface area contributed by atoms with Crippen molar-refractivity contribution in [3.63, 3.8) is 0 Å². The summed E-state index contributed by atoms with van der Waals surface area (Å²) >= 11 is 0. The fourth-order valence-corrected chi connectivity index (χ4v) is 1.41. The Labute approximate surface area is 92.2 Å². The maximum atomic E-state index is 5.62. The smallest absolute Gasteiger partial charge is 0.196 e. The highest BCUT2D eigenvalue weighted by Crippen LogP contribution is 2.20. The summed E-state index contributed by atoms with van der Waals surface area (Å²) in [5, 5.41) is 0. The van der Waals surface area contributed by atoms with Crippen LogP contribution in [0.25, 0.3) is 0 Å². The second-order valence-electron chi connectivity index (χ2n) is 3.87. The molecule has 1 aromatic carbocycles. The summed E-state index contributed by atoms with van der Waals surface area (Å²) in [6, 6.07) is 8.16. The highest BCUT2D eigenvalue weighted by Gasteiger charge is 2.04. The van der Waals surface area contributed by atoms with E-state index in [0.717, 1.165) is 5.75 Å². The number of benzene rings is 1. The van der Waals surface area contributed by atoms with E-state index in [1.807, 2.05) is 26.0 Å². The van der Waals surface area contributed by atoms with Gasteiger partial charge in [0.2, 0.25) is 0 Å². The van der Waals surface area contributed by atoms with Crippen molar-refractivity contribution in [2.24, 2.45) is 0 Å². The molecule has 0 fully saturated rings. The summed E-state index contributed by atoms with van der Waals surface area (Å²) in [4.78, 5) is 0. The van der Waals surface area contributed by atoms with Gasteiger partial charge < -0.3 is 9.47 Å². The van der Waals surface area contributed by atoms with Crippen LogP contribution in [0.3, 0.4) is 0 Å². The zero-order valence-corrected chi connectivity index (χ0v) is 9.99. The lowest BCUT2D eigenvalue weighted by Gasteiger charge is -2.15. The molecule has 0 aliphatic carbocycles. The van der Waals surface area contributed by atoms with Gasteiger partial charge in [-0.05, 0) is 37.5 Å². The van der Waals surface area contributed by atoms with Crippen LogP contribution in [0.5, 0.6) is 5.75 Å². The molecule has 0 amide bonds. The molecule has 2 nitrogen and oxygen atoms in total. The van der Waals surface area contributed by atoms with Crippen LogP contribution in [0.15, 0.2) is 24.3 Å². The van der Waals surface area contributed by atoms with Crippen molar-refractivity contribution in [2.45, 2.75) is 39.9 Å². The third-order valence-electron chi connectivity index (χ3n) is 2.23. The second kappa shape index (κ2) is 5.76. The molecule has 0 N–H and O–H groups in total. The van der Waals surface area contributed by atoms with Crippen molar-refractivity contribution in [1.82, 2.24) is 0 Å². The molecule has 0 aliphatic heterocycles. The Balaban J connectivity index is 2.65. The first kappa shape index (κ1) is 12.1. The molecule has 0 aliphatic rings. The Morgan fingerprint density at radius 2 is 1.93 bits per heavy atom. The van der Waals surface area contributed by atoms with Gasteiger partial charge >= 0.3 is 0 Å². The van der Waals surface area contributed by atoms with E-state index in [1.54, 1.807) is 0 Å². The quantitative estimate of drug-likeness (QED) is 0.689. The first-order valence-electron chi connectivity index (χ1n) is 5.51. The average molecular weight is 208 g/mol.